The standard InChI is InChI=1S/C11H14ClNO.ClH/c1-8-2-3-9(6-10(8)12)11-7-14-5-4-13-11;/h2-3,6,11,13H,4-5,7H2,1H3;1H/t11-;/m0./s1. The maximum Gasteiger partial charge on any atom is 0.0662 e. The molecule has 0 spiro atoms. The van der Waals surface area contributed by atoms with Crippen molar-refractivity contribution in [3.63, 3.8) is 0 Å². The molecule has 1 heterocycles. The number of halogens is 2. The first-order valence-electron chi connectivity index (χ1n) is 4.84. The molecule has 15 heavy (non-hydrogen) atoms. The third-order valence-electron chi connectivity index (χ3n) is 2.52. The van der Waals surface area contributed by atoms with Crippen molar-refractivity contribution in [1.82, 2.24) is 5.32 Å². The van der Waals surface area contributed by atoms with Crippen LogP contribution in [0.15, 0.2) is 18.2 Å². The summed E-state index contributed by atoms with van der Waals surface area (Å²) < 4.78 is 5.40. The van der Waals surface area contributed by atoms with Crippen LogP contribution in [0.1, 0.15) is 17.2 Å². The molecule has 0 aliphatic carbocycles. The lowest BCUT2D eigenvalue weighted by Gasteiger charge is -2.24. The number of rotatable bonds is 1. The molecule has 1 aliphatic rings. The topological polar surface area (TPSA) is 21.3 Å². The Morgan fingerprint density at radius 3 is 2.87 bits per heavy atom. The second-order valence-corrected chi connectivity index (χ2v) is 4.00. The second-order valence-electron chi connectivity index (χ2n) is 3.59. The monoisotopic (exact) mass is 247 g/mol. The Bertz CT molecular complexity index is 324. The number of morpholine rings is 1. The number of aryl methyl sites for hydroxylation is 1. The van der Waals surface area contributed by atoms with Crippen molar-refractivity contribution in [2.45, 2.75) is 13.0 Å². The molecule has 0 aromatic heterocycles. The Morgan fingerprint density at radius 2 is 2.27 bits per heavy atom. The molecule has 2 rings (SSSR count). The van der Waals surface area contributed by atoms with Crippen LogP contribution in [0.5, 0.6) is 0 Å². The van der Waals surface area contributed by atoms with Crippen molar-refractivity contribution < 1.29 is 4.74 Å². The minimum Gasteiger partial charge on any atom is -0.378 e. The van der Waals surface area contributed by atoms with E-state index in [0.29, 0.717) is 6.04 Å². The molecule has 1 atom stereocenters. The van der Waals surface area contributed by atoms with Crippen LogP contribution >= 0.6 is 24.0 Å². The molecule has 0 unspecified atom stereocenters. The van der Waals surface area contributed by atoms with Crippen LogP contribution in [0.4, 0.5) is 0 Å². The van der Waals surface area contributed by atoms with Crippen LogP contribution in [0.25, 0.3) is 0 Å². The normalized spacial score (nSPS) is 20.8. The van der Waals surface area contributed by atoms with Crippen LogP contribution in [-0.2, 0) is 4.74 Å². The molecule has 4 heteroatoms. The molecule has 84 valence electrons. The van der Waals surface area contributed by atoms with E-state index in [1.54, 1.807) is 0 Å². The fourth-order valence-corrected chi connectivity index (χ4v) is 1.79. The van der Waals surface area contributed by atoms with Crippen LogP contribution in [0.2, 0.25) is 5.02 Å². The molecule has 0 bridgehead atoms. The Morgan fingerprint density at radius 1 is 1.47 bits per heavy atom. The summed E-state index contributed by atoms with van der Waals surface area (Å²) in [7, 11) is 0. The van der Waals surface area contributed by atoms with Gasteiger partial charge in [-0.05, 0) is 24.1 Å². The summed E-state index contributed by atoms with van der Waals surface area (Å²) in [6.07, 6.45) is 0. The van der Waals surface area contributed by atoms with Gasteiger partial charge in [-0.25, -0.2) is 0 Å². The predicted octanol–water partition coefficient (Wildman–Crippen LogP) is 2.73. The van der Waals surface area contributed by atoms with Crippen LogP contribution in [-0.4, -0.2) is 19.8 Å². The van der Waals surface area contributed by atoms with Gasteiger partial charge in [0, 0.05) is 11.6 Å². The lowest BCUT2D eigenvalue weighted by Crippen LogP contribution is -2.34. The first kappa shape index (κ1) is 12.8. The van der Waals surface area contributed by atoms with E-state index in [1.165, 1.54) is 5.56 Å². The van der Waals surface area contributed by atoms with Crippen molar-refractivity contribution in [3.8, 4) is 0 Å². The van der Waals surface area contributed by atoms with Gasteiger partial charge >= 0.3 is 0 Å². The average Bonchev–Trinajstić information content (AvgIpc) is 2.23. The van der Waals surface area contributed by atoms with Crippen LogP contribution < -0.4 is 5.32 Å². The zero-order valence-electron chi connectivity index (χ0n) is 8.63. The lowest BCUT2D eigenvalue weighted by molar-refractivity contribution is 0.0769. The zero-order valence-corrected chi connectivity index (χ0v) is 10.2. The summed E-state index contributed by atoms with van der Waals surface area (Å²) in [6, 6.07) is 6.46. The van der Waals surface area contributed by atoms with Crippen molar-refractivity contribution in [2.24, 2.45) is 0 Å². The van der Waals surface area contributed by atoms with Gasteiger partial charge in [-0.2, -0.15) is 0 Å². The zero-order chi connectivity index (χ0) is 9.97. The van der Waals surface area contributed by atoms with E-state index in [0.717, 1.165) is 30.3 Å². The summed E-state index contributed by atoms with van der Waals surface area (Å²) in [5.74, 6) is 0. The molecule has 0 amide bonds. The van der Waals surface area contributed by atoms with Gasteiger partial charge in [-0.1, -0.05) is 23.7 Å². The minimum atomic E-state index is 0. The average molecular weight is 248 g/mol. The molecular formula is C11H15Cl2NO. The third kappa shape index (κ3) is 3.08. The van der Waals surface area contributed by atoms with Gasteiger partial charge in [0.15, 0.2) is 0 Å². The largest absolute Gasteiger partial charge is 0.378 e. The van der Waals surface area contributed by atoms with E-state index < -0.39 is 0 Å². The lowest BCUT2D eigenvalue weighted by atomic mass is 10.1. The highest BCUT2D eigenvalue weighted by Gasteiger charge is 2.15. The van der Waals surface area contributed by atoms with E-state index in [1.807, 2.05) is 19.1 Å². The fourth-order valence-electron chi connectivity index (χ4n) is 1.61. The number of benzene rings is 1. The number of hydrogen-bond acceptors (Lipinski definition) is 2. The number of ether oxygens (including phenoxy) is 1. The van der Waals surface area contributed by atoms with Gasteiger partial charge in [-0.3, -0.25) is 0 Å². The van der Waals surface area contributed by atoms with Gasteiger partial charge in [0.05, 0.1) is 19.3 Å². The smallest absolute Gasteiger partial charge is 0.0662 e. The van der Waals surface area contributed by atoms with Crippen molar-refractivity contribution in [2.75, 3.05) is 19.8 Å². The quantitative estimate of drug-likeness (QED) is 0.825. The highest BCUT2D eigenvalue weighted by Crippen LogP contribution is 2.22. The van der Waals surface area contributed by atoms with E-state index in [2.05, 4.69) is 11.4 Å². The van der Waals surface area contributed by atoms with E-state index in [4.69, 9.17) is 16.3 Å². The van der Waals surface area contributed by atoms with Crippen LogP contribution in [0.3, 0.4) is 0 Å². The molecule has 1 aromatic carbocycles. The Labute approximate surface area is 101 Å². The predicted molar refractivity (Wildman–Crippen MR) is 65.0 cm³/mol. The van der Waals surface area contributed by atoms with E-state index in [-0.39, 0.29) is 12.4 Å². The molecule has 1 aromatic rings. The summed E-state index contributed by atoms with van der Waals surface area (Å²) in [4.78, 5) is 0. The van der Waals surface area contributed by atoms with Gasteiger partial charge in [0.1, 0.15) is 0 Å². The molecule has 0 saturated carbocycles. The van der Waals surface area contributed by atoms with Crippen molar-refractivity contribution in [3.05, 3.63) is 34.3 Å². The first-order valence-corrected chi connectivity index (χ1v) is 5.22. The van der Waals surface area contributed by atoms with Gasteiger partial charge < -0.3 is 10.1 Å². The molecule has 1 fully saturated rings. The SMILES string of the molecule is Cc1ccc([C@@H]2COCCN2)cc1Cl.Cl. The Kier molecular flexibility index (Phi) is 4.87. The number of nitrogens with one attached hydrogen (secondary N) is 1. The molecule has 0 radical (unpaired) electrons. The molecular weight excluding hydrogens is 233 g/mol. The van der Waals surface area contributed by atoms with E-state index >= 15 is 0 Å². The fraction of sp³-hybridized carbons (Fsp3) is 0.455. The Hall–Kier alpha value is -0.280. The second kappa shape index (κ2) is 5.71. The maximum atomic E-state index is 6.06. The van der Waals surface area contributed by atoms with Gasteiger partial charge in [-0.15, -0.1) is 12.4 Å². The minimum absolute atomic E-state index is 0. The summed E-state index contributed by atoms with van der Waals surface area (Å²) in [6.45, 7) is 4.46. The summed E-state index contributed by atoms with van der Waals surface area (Å²) in [5.41, 5.74) is 2.33. The van der Waals surface area contributed by atoms with Gasteiger partial charge in [0.25, 0.3) is 0 Å². The first-order chi connectivity index (χ1) is 6.77. The maximum absolute atomic E-state index is 6.06. The summed E-state index contributed by atoms with van der Waals surface area (Å²) in [5, 5.41) is 4.23. The molecule has 1 saturated heterocycles. The number of hydrogen-bond donors (Lipinski definition) is 1. The third-order valence-corrected chi connectivity index (χ3v) is 2.93. The molecule has 2 nitrogen and oxygen atoms in total. The van der Waals surface area contributed by atoms with E-state index in [9.17, 15) is 0 Å². The van der Waals surface area contributed by atoms with Crippen molar-refractivity contribution >= 4 is 24.0 Å². The van der Waals surface area contributed by atoms with Crippen LogP contribution in [0, 0.1) is 6.92 Å². The van der Waals surface area contributed by atoms with Gasteiger partial charge in [0.2, 0.25) is 0 Å². The van der Waals surface area contributed by atoms with Crippen molar-refractivity contribution in [1.29, 1.82) is 0 Å². The summed E-state index contributed by atoms with van der Waals surface area (Å²) >= 11 is 6.06. The molecule has 1 N–H and O–H groups in total. The highest BCUT2D eigenvalue weighted by atomic mass is 35.5. The molecule has 1 aliphatic heterocycles. The highest BCUT2D eigenvalue weighted by molar-refractivity contribution is 6.31. The Balaban J connectivity index is 0.00000112.